The third kappa shape index (κ3) is 6.96. The van der Waals surface area contributed by atoms with Crippen LogP contribution in [0, 0.1) is 6.92 Å². The van der Waals surface area contributed by atoms with Crippen molar-refractivity contribution in [2.75, 3.05) is 12.3 Å². The largest absolute Gasteiger partial charge is 0.388 e. The summed E-state index contributed by atoms with van der Waals surface area (Å²) in [4.78, 5) is 11.7. The molecule has 3 nitrogen and oxygen atoms in total. The highest BCUT2D eigenvalue weighted by Gasteiger charge is 2.19. The molecule has 0 spiro atoms. The van der Waals surface area contributed by atoms with Crippen LogP contribution in [0.1, 0.15) is 37.8 Å². The molecular formula is C16H25NO2S. The maximum atomic E-state index is 11.7. The van der Waals surface area contributed by atoms with Gasteiger partial charge in [-0.3, -0.25) is 4.79 Å². The third-order valence-electron chi connectivity index (χ3n) is 3.08. The van der Waals surface area contributed by atoms with E-state index in [2.05, 4.69) is 36.5 Å². The molecule has 0 aliphatic rings. The van der Waals surface area contributed by atoms with E-state index in [4.69, 9.17) is 0 Å². The van der Waals surface area contributed by atoms with Crippen molar-refractivity contribution in [2.24, 2.45) is 0 Å². The minimum absolute atomic E-state index is 0.0153. The van der Waals surface area contributed by atoms with Gasteiger partial charge in [-0.05, 0) is 25.8 Å². The van der Waals surface area contributed by atoms with Crippen molar-refractivity contribution >= 4 is 17.7 Å². The Morgan fingerprint density at radius 2 is 2.00 bits per heavy atom. The average molecular weight is 295 g/mol. The number of carbonyl (C=O) groups excluding carboxylic acids is 1. The van der Waals surface area contributed by atoms with E-state index >= 15 is 0 Å². The number of thioether (sulfide) groups is 1. The SMILES string of the molecule is CCCC(C)(O)CNC(=O)CSCc1ccc(C)cc1. The van der Waals surface area contributed by atoms with Crippen molar-refractivity contribution in [1.82, 2.24) is 5.32 Å². The molecule has 0 fully saturated rings. The third-order valence-corrected chi connectivity index (χ3v) is 4.08. The summed E-state index contributed by atoms with van der Waals surface area (Å²) >= 11 is 1.59. The monoisotopic (exact) mass is 295 g/mol. The Morgan fingerprint density at radius 3 is 2.60 bits per heavy atom. The highest BCUT2D eigenvalue weighted by atomic mass is 32.2. The quantitative estimate of drug-likeness (QED) is 0.775. The lowest BCUT2D eigenvalue weighted by atomic mass is 10.0. The van der Waals surface area contributed by atoms with Crippen LogP contribution >= 0.6 is 11.8 Å². The molecule has 0 saturated heterocycles. The maximum Gasteiger partial charge on any atom is 0.230 e. The number of carbonyl (C=O) groups is 1. The van der Waals surface area contributed by atoms with Gasteiger partial charge in [0.15, 0.2) is 0 Å². The second-order valence-electron chi connectivity index (χ2n) is 5.50. The molecule has 1 atom stereocenters. The van der Waals surface area contributed by atoms with Crippen LogP contribution in [0.3, 0.4) is 0 Å². The molecular weight excluding hydrogens is 270 g/mol. The van der Waals surface area contributed by atoms with Crippen LogP contribution in [0.25, 0.3) is 0 Å². The van der Waals surface area contributed by atoms with Crippen LogP contribution in [-0.4, -0.2) is 28.9 Å². The number of nitrogens with one attached hydrogen (secondary N) is 1. The number of benzene rings is 1. The summed E-state index contributed by atoms with van der Waals surface area (Å²) < 4.78 is 0. The van der Waals surface area contributed by atoms with Gasteiger partial charge in [0.25, 0.3) is 0 Å². The molecule has 20 heavy (non-hydrogen) atoms. The van der Waals surface area contributed by atoms with Crippen LogP contribution in [0.15, 0.2) is 24.3 Å². The van der Waals surface area contributed by atoms with Crippen molar-refractivity contribution in [3.63, 3.8) is 0 Å². The lowest BCUT2D eigenvalue weighted by Gasteiger charge is -2.22. The van der Waals surface area contributed by atoms with Gasteiger partial charge in [0.2, 0.25) is 5.91 Å². The van der Waals surface area contributed by atoms with Gasteiger partial charge in [0.1, 0.15) is 0 Å². The number of hydrogen-bond acceptors (Lipinski definition) is 3. The van der Waals surface area contributed by atoms with E-state index in [1.165, 1.54) is 11.1 Å². The fraction of sp³-hybridized carbons (Fsp3) is 0.562. The minimum Gasteiger partial charge on any atom is -0.388 e. The van der Waals surface area contributed by atoms with E-state index in [0.29, 0.717) is 18.7 Å². The van der Waals surface area contributed by atoms with E-state index in [-0.39, 0.29) is 5.91 Å². The lowest BCUT2D eigenvalue weighted by molar-refractivity contribution is -0.119. The molecule has 1 aromatic carbocycles. The van der Waals surface area contributed by atoms with E-state index in [1.54, 1.807) is 18.7 Å². The molecule has 0 radical (unpaired) electrons. The summed E-state index contributed by atoms with van der Waals surface area (Å²) in [6.07, 6.45) is 1.61. The molecule has 1 unspecified atom stereocenters. The van der Waals surface area contributed by atoms with Gasteiger partial charge in [0, 0.05) is 12.3 Å². The Kier molecular flexibility index (Phi) is 7.10. The first-order valence-corrected chi connectivity index (χ1v) is 8.21. The standard InChI is InChI=1S/C16H25NO2S/c1-4-9-16(3,19)12-17-15(18)11-20-10-14-7-5-13(2)6-8-14/h5-8,19H,4,9-12H2,1-3H3,(H,17,18). The Morgan fingerprint density at radius 1 is 1.35 bits per heavy atom. The first-order valence-electron chi connectivity index (χ1n) is 7.05. The summed E-state index contributed by atoms with van der Waals surface area (Å²) in [5.41, 5.74) is 1.67. The van der Waals surface area contributed by atoms with Crippen molar-refractivity contribution in [2.45, 2.75) is 45.0 Å². The smallest absolute Gasteiger partial charge is 0.230 e. The average Bonchev–Trinajstić information content (AvgIpc) is 2.39. The first-order chi connectivity index (χ1) is 9.43. The van der Waals surface area contributed by atoms with E-state index in [0.717, 1.165) is 12.2 Å². The molecule has 0 saturated carbocycles. The molecule has 1 rings (SSSR count). The summed E-state index contributed by atoms with van der Waals surface area (Å²) in [6, 6.07) is 8.34. The minimum atomic E-state index is -0.800. The predicted octanol–water partition coefficient (Wildman–Crippen LogP) is 2.90. The van der Waals surface area contributed by atoms with Gasteiger partial charge in [-0.25, -0.2) is 0 Å². The molecule has 0 aromatic heterocycles. The zero-order valence-corrected chi connectivity index (χ0v) is 13.4. The lowest BCUT2D eigenvalue weighted by Crippen LogP contribution is -2.41. The first kappa shape index (κ1) is 17.1. The highest BCUT2D eigenvalue weighted by Crippen LogP contribution is 2.13. The molecule has 1 aromatic rings. The van der Waals surface area contributed by atoms with Gasteiger partial charge in [-0.1, -0.05) is 43.2 Å². The Labute approximate surface area is 126 Å². The summed E-state index contributed by atoms with van der Waals surface area (Å²) in [7, 11) is 0. The van der Waals surface area contributed by atoms with Gasteiger partial charge < -0.3 is 10.4 Å². The molecule has 0 bridgehead atoms. The fourth-order valence-corrected chi connectivity index (χ4v) is 2.73. The van der Waals surface area contributed by atoms with Crippen LogP contribution in [0.5, 0.6) is 0 Å². The fourth-order valence-electron chi connectivity index (χ4n) is 1.91. The Bertz CT molecular complexity index is 415. The second-order valence-corrected chi connectivity index (χ2v) is 6.49. The zero-order chi connectivity index (χ0) is 15.0. The van der Waals surface area contributed by atoms with Gasteiger partial charge in [-0.15, -0.1) is 11.8 Å². The Balaban J connectivity index is 2.22. The second kappa shape index (κ2) is 8.32. The number of hydrogen-bond donors (Lipinski definition) is 2. The number of aliphatic hydroxyl groups is 1. The number of amides is 1. The van der Waals surface area contributed by atoms with E-state index in [1.807, 2.05) is 6.92 Å². The molecule has 4 heteroatoms. The van der Waals surface area contributed by atoms with Crippen LogP contribution in [-0.2, 0) is 10.5 Å². The van der Waals surface area contributed by atoms with Crippen LogP contribution in [0.4, 0.5) is 0 Å². The maximum absolute atomic E-state index is 11.7. The van der Waals surface area contributed by atoms with Gasteiger partial charge >= 0.3 is 0 Å². The van der Waals surface area contributed by atoms with E-state index < -0.39 is 5.60 Å². The van der Waals surface area contributed by atoms with E-state index in [9.17, 15) is 9.90 Å². The highest BCUT2D eigenvalue weighted by molar-refractivity contribution is 7.99. The summed E-state index contributed by atoms with van der Waals surface area (Å²) in [5, 5.41) is 12.8. The Hall–Kier alpha value is -1.00. The van der Waals surface area contributed by atoms with Crippen molar-refractivity contribution < 1.29 is 9.90 Å². The molecule has 1 amide bonds. The zero-order valence-electron chi connectivity index (χ0n) is 12.6. The molecule has 0 aliphatic carbocycles. The molecule has 112 valence electrons. The molecule has 0 aliphatic heterocycles. The summed E-state index contributed by atoms with van der Waals surface area (Å²) in [6.45, 7) is 6.17. The molecule has 0 heterocycles. The van der Waals surface area contributed by atoms with Gasteiger partial charge in [-0.2, -0.15) is 0 Å². The predicted molar refractivity (Wildman–Crippen MR) is 85.9 cm³/mol. The topological polar surface area (TPSA) is 49.3 Å². The number of aryl methyl sites for hydroxylation is 1. The number of rotatable bonds is 8. The van der Waals surface area contributed by atoms with Crippen molar-refractivity contribution in [1.29, 1.82) is 0 Å². The van der Waals surface area contributed by atoms with Gasteiger partial charge in [0.05, 0.1) is 11.4 Å². The van der Waals surface area contributed by atoms with Crippen LogP contribution in [0.2, 0.25) is 0 Å². The normalized spacial score (nSPS) is 13.8. The van der Waals surface area contributed by atoms with Crippen molar-refractivity contribution in [3.05, 3.63) is 35.4 Å². The molecule has 2 N–H and O–H groups in total. The van der Waals surface area contributed by atoms with Crippen molar-refractivity contribution in [3.8, 4) is 0 Å². The summed E-state index contributed by atoms with van der Waals surface area (Å²) in [5.74, 6) is 1.24. The van der Waals surface area contributed by atoms with Crippen LogP contribution < -0.4 is 5.32 Å².